The zero-order valence-electron chi connectivity index (χ0n) is 15.1. The van der Waals surface area contributed by atoms with E-state index in [0.29, 0.717) is 32.0 Å². The van der Waals surface area contributed by atoms with Crippen molar-refractivity contribution < 1.29 is 14.3 Å². The quantitative estimate of drug-likeness (QED) is 0.825. The van der Waals surface area contributed by atoms with Gasteiger partial charge in [-0.05, 0) is 31.9 Å². The first-order valence-corrected chi connectivity index (χ1v) is 9.79. The summed E-state index contributed by atoms with van der Waals surface area (Å²) in [5, 5.41) is 3.10. The number of likely N-dealkylation sites (tertiary alicyclic amines) is 1. The minimum atomic E-state index is -0.263. The van der Waals surface area contributed by atoms with Crippen molar-refractivity contribution in [1.82, 2.24) is 14.9 Å². The van der Waals surface area contributed by atoms with Crippen molar-refractivity contribution in [1.29, 1.82) is 0 Å². The summed E-state index contributed by atoms with van der Waals surface area (Å²) in [7, 11) is 0. The third kappa shape index (κ3) is 3.65. The number of carbonyl (C=O) groups excluding carboxylic acids is 1. The Hall–Kier alpha value is -1.83. The fraction of sp³-hybridized carbons (Fsp3) is 0.526. The number of amides is 1. The molecule has 4 rings (SSSR count). The highest BCUT2D eigenvalue weighted by molar-refractivity contribution is 7.09. The summed E-state index contributed by atoms with van der Waals surface area (Å²) >= 11 is 1.64. The maximum absolute atomic E-state index is 12.5. The maximum atomic E-state index is 12.5. The molecule has 6 nitrogen and oxygen atoms in total. The van der Waals surface area contributed by atoms with Gasteiger partial charge in [-0.2, -0.15) is 0 Å². The summed E-state index contributed by atoms with van der Waals surface area (Å²) in [6, 6.07) is 3.70. The summed E-state index contributed by atoms with van der Waals surface area (Å²) in [6.45, 7) is 6.39. The lowest BCUT2D eigenvalue weighted by atomic mass is 9.84. The van der Waals surface area contributed by atoms with Gasteiger partial charge in [-0.3, -0.25) is 9.78 Å². The number of hydrogen-bond donors (Lipinski definition) is 0. The third-order valence-corrected chi connectivity index (χ3v) is 5.78. The van der Waals surface area contributed by atoms with Crippen molar-refractivity contribution in [3.63, 3.8) is 0 Å². The smallest absolute Gasteiger partial charge is 0.272 e. The van der Waals surface area contributed by atoms with Crippen LogP contribution in [0.3, 0.4) is 0 Å². The van der Waals surface area contributed by atoms with E-state index in [1.807, 2.05) is 30.2 Å². The number of ether oxygens (including phenoxy) is 2. The molecule has 2 aromatic heterocycles. The van der Waals surface area contributed by atoms with Crippen LogP contribution in [0, 0.1) is 13.8 Å². The van der Waals surface area contributed by atoms with E-state index in [4.69, 9.17) is 9.47 Å². The fourth-order valence-corrected chi connectivity index (χ4v) is 4.17. The average Bonchev–Trinajstić information content (AvgIpc) is 3.03. The first kappa shape index (κ1) is 17.6. The van der Waals surface area contributed by atoms with E-state index in [2.05, 4.69) is 9.97 Å². The number of pyridine rings is 1. The molecule has 26 heavy (non-hydrogen) atoms. The molecule has 0 N–H and O–H groups in total. The molecule has 0 unspecified atom stereocenters. The van der Waals surface area contributed by atoms with Gasteiger partial charge < -0.3 is 14.4 Å². The Kier molecular flexibility index (Phi) is 4.77. The zero-order chi connectivity index (χ0) is 18.1. The highest BCUT2D eigenvalue weighted by Gasteiger charge is 2.49. The molecule has 2 aliphatic rings. The largest absolute Gasteiger partial charge is 0.372 e. The van der Waals surface area contributed by atoms with Gasteiger partial charge in [0, 0.05) is 24.6 Å². The van der Waals surface area contributed by atoms with Crippen LogP contribution in [-0.4, -0.2) is 52.2 Å². The number of carbonyl (C=O) groups is 1. The minimum Gasteiger partial charge on any atom is -0.372 e. The molecular weight excluding hydrogens is 350 g/mol. The lowest BCUT2D eigenvalue weighted by Gasteiger charge is -2.52. The summed E-state index contributed by atoms with van der Waals surface area (Å²) < 4.78 is 12.1. The maximum Gasteiger partial charge on any atom is 0.272 e. The van der Waals surface area contributed by atoms with Crippen LogP contribution in [0.5, 0.6) is 0 Å². The third-order valence-electron chi connectivity index (χ3n) is 4.96. The van der Waals surface area contributed by atoms with Crippen LogP contribution >= 0.6 is 11.3 Å². The second kappa shape index (κ2) is 7.06. The number of aromatic nitrogens is 2. The van der Waals surface area contributed by atoms with Crippen LogP contribution in [-0.2, 0) is 16.1 Å². The lowest BCUT2D eigenvalue weighted by Crippen LogP contribution is -2.67. The molecule has 2 fully saturated rings. The van der Waals surface area contributed by atoms with Gasteiger partial charge in [0.2, 0.25) is 0 Å². The molecule has 0 bridgehead atoms. The highest BCUT2D eigenvalue weighted by atomic mass is 32.1. The molecule has 2 aromatic rings. The molecule has 1 spiro atoms. The van der Waals surface area contributed by atoms with Crippen LogP contribution in [0.1, 0.15) is 39.6 Å². The predicted molar refractivity (Wildman–Crippen MR) is 98.2 cm³/mol. The molecule has 7 heteroatoms. The van der Waals surface area contributed by atoms with Gasteiger partial charge >= 0.3 is 0 Å². The normalized spacial score (nSPS) is 21.6. The number of rotatable bonds is 4. The number of hydrogen-bond acceptors (Lipinski definition) is 6. The Morgan fingerprint density at radius 2 is 2.27 bits per heavy atom. The van der Waals surface area contributed by atoms with E-state index >= 15 is 0 Å². The Bertz CT molecular complexity index is 784. The number of aryl methyl sites for hydroxylation is 2. The monoisotopic (exact) mass is 373 g/mol. The van der Waals surface area contributed by atoms with E-state index in [0.717, 1.165) is 29.1 Å². The summed E-state index contributed by atoms with van der Waals surface area (Å²) in [6.07, 6.45) is 3.59. The zero-order valence-corrected chi connectivity index (χ0v) is 15.9. The van der Waals surface area contributed by atoms with Gasteiger partial charge in [-0.25, -0.2) is 4.98 Å². The number of thiazole rings is 1. The molecule has 2 saturated heterocycles. The lowest BCUT2D eigenvalue weighted by molar-refractivity contribution is -0.188. The summed E-state index contributed by atoms with van der Waals surface area (Å²) in [5.74, 6) is -0.0276. The molecule has 0 saturated carbocycles. The van der Waals surface area contributed by atoms with Crippen LogP contribution in [0.25, 0.3) is 0 Å². The molecule has 0 radical (unpaired) electrons. The van der Waals surface area contributed by atoms with E-state index in [9.17, 15) is 4.79 Å². The van der Waals surface area contributed by atoms with Crippen molar-refractivity contribution in [3.05, 3.63) is 45.7 Å². The molecular formula is C19H23N3O3S. The average molecular weight is 373 g/mol. The van der Waals surface area contributed by atoms with Crippen molar-refractivity contribution in [3.8, 4) is 0 Å². The first-order valence-electron chi connectivity index (χ1n) is 8.91. The summed E-state index contributed by atoms with van der Waals surface area (Å²) in [4.78, 5) is 23.0. The molecule has 0 aromatic carbocycles. The molecule has 138 valence electrons. The van der Waals surface area contributed by atoms with Gasteiger partial charge in [-0.1, -0.05) is 6.07 Å². The molecule has 4 heterocycles. The number of nitrogens with zero attached hydrogens (tertiary/aromatic N) is 3. The van der Waals surface area contributed by atoms with Gasteiger partial charge in [0.05, 0.1) is 36.5 Å². The van der Waals surface area contributed by atoms with E-state index in [1.165, 1.54) is 0 Å². The van der Waals surface area contributed by atoms with Gasteiger partial charge in [0.1, 0.15) is 11.3 Å². The Balaban J connectivity index is 1.31. The topological polar surface area (TPSA) is 64.6 Å². The van der Waals surface area contributed by atoms with Crippen LogP contribution in [0.15, 0.2) is 23.7 Å². The highest BCUT2D eigenvalue weighted by Crippen LogP contribution is 2.36. The second-order valence-corrected chi connectivity index (χ2v) is 8.26. The van der Waals surface area contributed by atoms with E-state index in [-0.39, 0.29) is 17.6 Å². The Morgan fingerprint density at radius 3 is 2.96 bits per heavy atom. The fourth-order valence-electron chi connectivity index (χ4n) is 3.57. The van der Waals surface area contributed by atoms with E-state index in [1.54, 1.807) is 23.6 Å². The predicted octanol–water partition coefficient (Wildman–Crippen LogP) is 2.75. The molecule has 2 aliphatic heterocycles. The Labute approximate surface area is 157 Å². The van der Waals surface area contributed by atoms with Crippen LogP contribution in [0.4, 0.5) is 0 Å². The van der Waals surface area contributed by atoms with Gasteiger partial charge in [0.15, 0.2) is 0 Å². The second-order valence-electron chi connectivity index (χ2n) is 7.20. The molecule has 0 aliphatic carbocycles. The first-order chi connectivity index (χ1) is 12.5. The SMILES string of the molecule is Cc1ccc(C(=O)N2CC3(C[C@@H](OCc4csc(C)n4)CCO3)C2)nc1. The molecule has 1 amide bonds. The van der Waals surface area contributed by atoms with Crippen molar-refractivity contribution in [2.75, 3.05) is 19.7 Å². The van der Waals surface area contributed by atoms with E-state index < -0.39 is 0 Å². The Morgan fingerprint density at radius 1 is 1.42 bits per heavy atom. The van der Waals surface area contributed by atoms with Crippen molar-refractivity contribution in [2.45, 2.75) is 45.0 Å². The van der Waals surface area contributed by atoms with Gasteiger partial charge in [-0.15, -0.1) is 11.3 Å². The van der Waals surface area contributed by atoms with Crippen LogP contribution < -0.4 is 0 Å². The molecule has 1 atom stereocenters. The van der Waals surface area contributed by atoms with Gasteiger partial charge in [0.25, 0.3) is 5.91 Å². The minimum absolute atomic E-state index is 0.0276. The van der Waals surface area contributed by atoms with Crippen LogP contribution in [0.2, 0.25) is 0 Å². The van der Waals surface area contributed by atoms with Crippen molar-refractivity contribution in [2.24, 2.45) is 0 Å². The summed E-state index contributed by atoms with van der Waals surface area (Å²) in [5.41, 5.74) is 2.27. The van der Waals surface area contributed by atoms with Crippen molar-refractivity contribution >= 4 is 17.2 Å². The standard InChI is InChI=1S/C19H23N3O3S/c1-13-3-4-17(20-8-13)18(23)22-11-19(12-22)7-16(5-6-25-19)24-9-15-10-26-14(2)21-15/h3-4,8,10,16H,5-7,9,11-12H2,1-2H3/t16-/m0/s1.